The van der Waals surface area contributed by atoms with Crippen molar-refractivity contribution in [3.8, 4) is 0 Å². The predicted octanol–water partition coefficient (Wildman–Crippen LogP) is 2.38. The van der Waals surface area contributed by atoms with Gasteiger partial charge in [0.1, 0.15) is 4.90 Å². The number of carboxylic acids is 1. The summed E-state index contributed by atoms with van der Waals surface area (Å²) in [4.78, 5) is 10.6. The second-order valence-corrected chi connectivity index (χ2v) is 6.34. The van der Waals surface area contributed by atoms with Gasteiger partial charge < -0.3 is 5.11 Å². The minimum absolute atomic E-state index is 0.115. The van der Waals surface area contributed by atoms with Crippen molar-refractivity contribution >= 4 is 39.2 Å². The molecule has 1 aromatic carbocycles. The summed E-state index contributed by atoms with van der Waals surface area (Å²) in [7, 11) is -3.87. The third-order valence-electron chi connectivity index (χ3n) is 1.93. The van der Waals surface area contributed by atoms with Crippen LogP contribution in [-0.2, 0) is 10.0 Å². The average Bonchev–Trinajstić information content (AvgIpc) is 2.13. The molecule has 0 atom stereocenters. The standard InChI is InChI=1S/C10H11Cl2NO4S/c1-5(2)13-18(16,17)9-3-6(10(14)15)7(11)4-8(9)12/h3-5,13H,1-2H3,(H,14,15). The first kappa shape index (κ1) is 15.2. The summed E-state index contributed by atoms with van der Waals surface area (Å²) in [6.07, 6.45) is 0. The normalized spacial score (nSPS) is 11.8. The van der Waals surface area contributed by atoms with Crippen LogP contribution in [-0.4, -0.2) is 25.5 Å². The fourth-order valence-electron chi connectivity index (χ4n) is 1.27. The van der Waals surface area contributed by atoms with Crippen molar-refractivity contribution in [2.75, 3.05) is 0 Å². The second-order valence-electron chi connectivity index (χ2n) is 3.84. The quantitative estimate of drug-likeness (QED) is 0.894. The monoisotopic (exact) mass is 311 g/mol. The molecule has 0 aromatic heterocycles. The minimum atomic E-state index is -3.87. The number of nitrogens with one attached hydrogen (secondary N) is 1. The van der Waals surface area contributed by atoms with Crippen LogP contribution in [0.3, 0.4) is 0 Å². The molecule has 0 radical (unpaired) electrons. The molecule has 0 bridgehead atoms. The highest BCUT2D eigenvalue weighted by molar-refractivity contribution is 7.89. The summed E-state index contributed by atoms with van der Waals surface area (Å²) in [5.41, 5.74) is -0.315. The van der Waals surface area contributed by atoms with E-state index in [9.17, 15) is 13.2 Å². The summed E-state index contributed by atoms with van der Waals surface area (Å²) in [6, 6.07) is 1.70. The van der Waals surface area contributed by atoms with Gasteiger partial charge in [-0.2, -0.15) is 0 Å². The third kappa shape index (κ3) is 3.35. The van der Waals surface area contributed by atoms with Crippen LogP contribution in [0.5, 0.6) is 0 Å². The van der Waals surface area contributed by atoms with E-state index in [1.54, 1.807) is 13.8 Å². The fraction of sp³-hybridized carbons (Fsp3) is 0.300. The van der Waals surface area contributed by atoms with E-state index in [-0.39, 0.29) is 26.5 Å². The van der Waals surface area contributed by atoms with Gasteiger partial charge in [0.2, 0.25) is 10.0 Å². The third-order valence-corrected chi connectivity index (χ3v) is 4.37. The first-order valence-electron chi connectivity index (χ1n) is 4.90. The van der Waals surface area contributed by atoms with Crippen LogP contribution in [0.15, 0.2) is 17.0 Å². The molecule has 0 spiro atoms. The highest BCUT2D eigenvalue weighted by Crippen LogP contribution is 2.28. The number of carbonyl (C=O) groups is 1. The van der Waals surface area contributed by atoms with E-state index in [4.69, 9.17) is 28.3 Å². The van der Waals surface area contributed by atoms with Crippen molar-refractivity contribution in [2.24, 2.45) is 0 Å². The van der Waals surface area contributed by atoms with Crippen LogP contribution in [0.25, 0.3) is 0 Å². The smallest absolute Gasteiger partial charge is 0.337 e. The van der Waals surface area contributed by atoms with Crippen LogP contribution in [0.2, 0.25) is 10.0 Å². The predicted molar refractivity (Wildman–Crippen MR) is 68.9 cm³/mol. The van der Waals surface area contributed by atoms with Crippen molar-refractivity contribution in [1.82, 2.24) is 4.72 Å². The van der Waals surface area contributed by atoms with Gasteiger partial charge in [-0.1, -0.05) is 23.2 Å². The number of benzene rings is 1. The number of hydrogen-bond acceptors (Lipinski definition) is 3. The second kappa shape index (κ2) is 5.44. The number of hydrogen-bond donors (Lipinski definition) is 2. The largest absolute Gasteiger partial charge is 0.478 e. The molecule has 5 nitrogen and oxygen atoms in total. The van der Waals surface area contributed by atoms with Crippen molar-refractivity contribution < 1.29 is 18.3 Å². The van der Waals surface area contributed by atoms with Gasteiger partial charge in [0.05, 0.1) is 15.6 Å². The maximum atomic E-state index is 11.9. The molecule has 0 aliphatic rings. The summed E-state index contributed by atoms with van der Waals surface area (Å²) in [5, 5.41) is 8.64. The molecule has 0 fully saturated rings. The summed E-state index contributed by atoms with van der Waals surface area (Å²) >= 11 is 11.4. The Morgan fingerprint density at radius 1 is 1.28 bits per heavy atom. The van der Waals surface area contributed by atoms with Gasteiger partial charge in [0.25, 0.3) is 0 Å². The Hall–Kier alpha value is -0.820. The molecular formula is C10H11Cl2NO4S. The topological polar surface area (TPSA) is 83.5 Å². The maximum Gasteiger partial charge on any atom is 0.337 e. The lowest BCUT2D eigenvalue weighted by Crippen LogP contribution is -2.30. The van der Waals surface area contributed by atoms with Crippen molar-refractivity contribution in [2.45, 2.75) is 24.8 Å². The zero-order chi connectivity index (χ0) is 14.1. The Morgan fingerprint density at radius 3 is 2.28 bits per heavy atom. The van der Waals surface area contributed by atoms with E-state index in [1.807, 2.05) is 0 Å². The van der Waals surface area contributed by atoms with Crippen molar-refractivity contribution in [3.05, 3.63) is 27.7 Å². The number of carboxylic acid groups (broad SMARTS) is 1. The first-order chi connectivity index (χ1) is 8.15. The van der Waals surface area contributed by atoms with Gasteiger partial charge >= 0.3 is 5.97 Å². The van der Waals surface area contributed by atoms with E-state index >= 15 is 0 Å². The van der Waals surface area contributed by atoms with Crippen molar-refractivity contribution in [1.29, 1.82) is 0 Å². The molecule has 0 aliphatic carbocycles. The zero-order valence-electron chi connectivity index (χ0n) is 9.57. The molecule has 1 aromatic rings. The average molecular weight is 312 g/mol. The number of rotatable bonds is 4. The molecule has 0 aliphatic heterocycles. The van der Waals surface area contributed by atoms with Gasteiger partial charge in [0, 0.05) is 6.04 Å². The lowest BCUT2D eigenvalue weighted by Gasteiger charge is -2.12. The van der Waals surface area contributed by atoms with E-state index in [0.717, 1.165) is 12.1 Å². The molecule has 1 rings (SSSR count). The van der Waals surface area contributed by atoms with E-state index in [1.165, 1.54) is 0 Å². The molecule has 0 saturated heterocycles. The molecule has 18 heavy (non-hydrogen) atoms. The molecule has 2 N–H and O–H groups in total. The van der Waals surface area contributed by atoms with Gasteiger partial charge in [-0.25, -0.2) is 17.9 Å². The van der Waals surface area contributed by atoms with E-state index < -0.39 is 16.0 Å². The Bertz CT molecular complexity index is 584. The van der Waals surface area contributed by atoms with Crippen molar-refractivity contribution in [3.63, 3.8) is 0 Å². The SMILES string of the molecule is CC(C)NS(=O)(=O)c1cc(C(=O)O)c(Cl)cc1Cl. The van der Waals surface area contributed by atoms with Crippen LogP contribution in [0, 0.1) is 0 Å². The number of sulfonamides is 1. The van der Waals surface area contributed by atoms with Crippen LogP contribution in [0.4, 0.5) is 0 Å². The Labute approximate surface area is 115 Å². The summed E-state index contributed by atoms with van der Waals surface area (Å²) < 4.78 is 26.1. The zero-order valence-corrected chi connectivity index (χ0v) is 11.9. The number of halogens is 2. The van der Waals surface area contributed by atoms with Crippen LogP contribution in [0.1, 0.15) is 24.2 Å². The van der Waals surface area contributed by atoms with Gasteiger partial charge in [-0.05, 0) is 26.0 Å². The van der Waals surface area contributed by atoms with Gasteiger partial charge in [-0.15, -0.1) is 0 Å². The maximum absolute atomic E-state index is 11.9. The fourth-order valence-corrected chi connectivity index (χ4v) is 3.38. The van der Waals surface area contributed by atoms with E-state index in [2.05, 4.69) is 4.72 Å². The molecule has 100 valence electrons. The molecule has 0 unspecified atom stereocenters. The van der Waals surface area contributed by atoms with E-state index in [0.29, 0.717) is 0 Å². The molecular weight excluding hydrogens is 301 g/mol. The lowest BCUT2D eigenvalue weighted by atomic mass is 10.2. The minimum Gasteiger partial charge on any atom is -0.478 e. The molecule has 0 heterocycles. The lowest BCUT2D eigenvalue weighted by molar-refractivity contribution is 0.0697. The highest BCUT2D eigenvalue weighted by Gasteiger charge is 2.22. The van der Waals surface area contributed by atoms with Gasteiger partial charge in [0.15, 0.2) is 0 Å². The van der Waals surface area contributed by atoms with Gasteiger partial charge in [-0.3, -0.25) is 0 Å². The molecule has 8 heteroatoms. The Kier molecular flexibility index (Phi) is 4.61. The number of aromatic carboxylic acids is 1. The first-order valence-corrected chi connectivity index (χ1v) is 7.13. The summed E-state index contributed by atoms with van der Waals surface area (Å²) in [5.74, 6) is -1.32. The Morgan fingerprint density at radius 2 is 1.83 bits per heavy atom. The van der Waals surface area contributed by atoms with Crippen LogP contribution >= 0.6 is 23.2 Å². The molecule has 0 saturated carbocycles. The van der Waals surface area contributed by atoms with Crippen LogP contribution < -0.4 is 4.72 Å². The molecule has 0 amide bonds. The summed E-state index contributed by atoms with van der Waals surface area (Å²) in [6.45, 7) is 3.28. The highest BCUT2D eigenvalue weighted by atomic mass is 35.5. The Balaban J connectivity index is 3.42.